The van der Waals surface area contributed by atoms with Gasteiger partial charge in [-0.25, -0.2) is 0 Å². The van der Waals surface area contributed by atoms with Crippen molar-refractivity contribution in [3.05, 3.63) is 59.7 Å². The summed E-state index contributed by atoms with van der Waals surface area (Å²) in [4.78, 5) is 20.5. The van der Waals surface area contributed by atoms with E-state index in [0.29, 0.717) is 17.1 Å². The molecule has 0 saturated heterocycles. The lowest BCUT2D eigenvalue weighted by Crippen LogP contribution is -1.91. The molecule has 0 N–H and O–H groups in total. The summed E-state index contributed by atoms with van der Waals surface area (Å²) < 4.78 is 9.89. The summed E-state index contributed by atoms with van der Waals surface area (Å²) in [5, 5.41) is 0. The predicted molar refractivity (Wildman–Crippen MR) is 76.8 cm³/mol. The van der Waals surface area contributed by atoms with Gasteiger partial charge in [0.25, 0.3) is 0 Å². The topological polar surface area (TPSA) is 52.6 Å². The van der Waals surface area contributed by atoms with E-state index in [4.69, 9.17) is 9.47 Å². The van der Waals surface area contributed by atoms with Crippen LogP contribution in [0.1, 0.15) is 20.7 Å². The molecule has 0 spiro atoms. The number of carbonyl (C=O) groups excluding carboxylic acids is 2. The molecule has 0 aliphatic rings. The second kappa shape index (κ2) is 8.48. The Bertz CT molecular complexity index is 550. The standard InChI is InChI=1S/C9H10O3.C7H6O/c1-11-8-3-4-9(12-2)7(5-8)6-10;8-6-7-4-2-1-3-5-7/h3-6H,1-2H3;1-6H. The zero-order valence-electron chi connectivity index (χ0n) is 11.4. The van der Waals surface area contributed by atoms with Gasteiger partial charge in [-0.2, -0.15) is 0 Å². The SMILES string of the molecule is COc1ccc(OC)c(C=O)c1.O=Cc1ccccc1. The van der Waals surface area contributed by atoms with Gasteiger partial charge in [-0.1, -0.05) is 30.3 Å². The monoisotopic (exact) mass is 272 g/mol. The van der Waals surface area contributed by atoms with Crippen LogP contribution in [0.25, 0.3) is 0 Å². The van der Waals surface area contributed by atoms with E-state index in [2.05, 4.69) is 0 Å². The van der Waals surface area contributed by atoms with Gasteiger partial charge in [-0.05, 0) is 18.2 Å². The molecule has 2 aromatic rings. The van der Waals surface area contributed by atoms with Crippen LogP contribution in [0.3, 0.4) is 0 Å². The van der Waals surface area contributed by atoms with E-state index in [1.54, 1.807) is 37.4 Å². The van der Waals surface area contributed by atoms with Gasteiger partial charge in [0.2, 0.25) is 0 Å². The van der Waals surface area contributed by atoms with E-state index >= 15 is 0 Å². The lowest BCUT2D eigenvalue weighted by molar-refractivity contribution is 0.111. The van der Waals surface area contributed by atoms with Gasteiger partial charge in [0.1, 0.15) is 17.8 Å². The smallest absolute Gasteiger partial charge is 0.153 e. The summed E-state index contributed by atoms with van der Waals surface area (Å²) in [5.41, 5.74) is 1.23. The maximum absolute atomic E-state index is 10.5. The highest BCUT2D eigenvalue weighted by Gasteiger charge is 2.02. The molecule has 0 atom stereocenters. The van der Waals surface area contributed by atoms with Crippen molar-refractivity contribution in [2.45, 2.75) is 0 Å². The molecular formula is C16H16O4. The molecule has 0 bridgehead atoms. The first kappa shape index (κ1) is 15.4. The molecule has 4 nitrogen and oxygen atoms in total. The summed E-state index contributed by atoms with van der Waals surface area (Å²) >= 11 is 0. The van der Waals surface area contributed by atoms with E-state index in [1.165, 1.54) is 7.11 Å². The van der Waals surface area contributed by atoms with E-state index in [1.807, 2.05) is 18.2 Å². The molecule has 2 rings (SSSR count). The zero-order valence-corrected chi connectivity index (χ0v) is 11.4. The molecule has 0 aliphatic carbocycles. The van der Waals surface area contributed by atoms with E-state index in [0.717, 1.165) is 18.1 Å². The van der Waals surface area contributed by atoms with E-state index < -0.39 is 0 Å². The first-order chi connectivity index (χ1) is 9.74. The van der Waals surface area contributed by atoms with Crippen LogP contribution in [0.5, 0.6) is 11.5 Å². The van der Waals surface area contributed by atoms with Gasteiger partial charge >= 0.3 is 0 Å². The van der Waals surface area contributed by atoms with Gasteiger partial charge in [-0.15, -0.1) is 0 Å². The highest BCUT2D eigenvalue weighted by Crippen LogP contribution is 2.21. The second-order valence-corrected chi connectivity index (χ2v) is 3.75. The minimum Gasteiger partial charge on any atom is -0.497 e. The zero-order chi connectivity index (χ0) is 14.8. The Balaban J connectivity index is 0.000000217. The van der Waals surface area contributed by atoms with Crippen LogP contribution in [-0.4, -0.2) is 26.8 Å². The molecule has 0 radical (unpaired) electrons. The molecule has 20 heavy (non-hydrogen) atoms. The van der Waals surface area contributed by atoms with Crippen LogP contribution in [0, 0.1) is 0 Å². The highest BCUT2D eigenvalue weighted by atomic mass is 16.5. The maximum atomic E-state index is 10.5. The molecule has 0 amide bonds. The van der Waals surface area contributed by atoms with E-state index in [9.17, 15) is 9.59 Å². The second-order valence-electron chi connectivity index (χ2n) is 3.75. The molecule has 0 saturated carbocycles. The van der Waals surface area contributed by atoms with Gasteiger partial charge < -0.3 is 9.47 Å². The number of aldehydes is 2. The summed E-state index contributed by atoms with van der Waals surface area (Å²) in [6.07, 6.45) is 1.57. The first-order valence-electron chi connectivity index (χ1n) is 5.92. The molecular weight excluding hydrogens is 256 g/mol. The Morgan fingerprint density at radius 2 is 1.55 bits per heavy atom. The lowest BCUT2D eigenvalue weighted by Gasteiger charge is -2.04. The summed E-state index contributed by atoms with van der Waals surface area (Å²) in [5.74, 6) is 1.21. The Kier molecular flexibility index (Phi) is 6.54. The number of benzene rings is 2. The molecule has 0 aromatic heterocycles. The molecule has 2 aromatic carbocycles. The fraction of sp³-hybridized carbons (Fsp3) is 0.125. The van der Waals surface area contributed by atoms with Gasteiger partial charge in [0, 0.05) is 5.56 Å². The Morgan fingerprint density at radius 3 is 2.00 bits per heavy atom. The number of methoxy groups -OCH3 is 2. The first-order valence-corrected chi connectivity index (χ1v) is 5.92. The van der Waals surface area contributed by atoms with Crippen molar-refractivity contribution in [1.29, 1.82) is 0 Å². The largest absolute Gasteiger partial charge is 0.497 e. The maximum Gasteiger partial charge on any atom is 0.153 e. The normalized spacial score (nSPS) is 8.90. The lowest BCUT2D eigenvalue weighted by atomic mass is 10.2. The summed E-state index contributed by atoms with van der Waals surface area (Å²) in [7, 11) is 3.07. The van der Waals surface area contributed by atoms with Crippen LogP contribution < -0.4 is 9.47 Å². The third-order valence-corrected chi connectivity index (χ3v) is 2.50. The number of rotatable bonds is 4. The van der Waals surface area contributed by atoms with Crippen molar-refractivity contribution in [2.24, 2.45) is 0 Å². The number of hydrogen-bond donors (Lipinski definition) is 0. The van der Waals surface area contributed by atoms with Gasteiger partial charge in [0.15, 0.2) is 6.29 Å². The van der Waals surface area contributed by atoms with Crippen LogP contribution in [0.15, 0.2) is 48.5 Å². The third-order valence-electron chi connectivity index (χ3n) is 2.50. The van der Waals surface area contributed by atoms with Crippen LogP contribution in [0.4, 0.5) is 0 Å². The number of hydrogen-bond acceptors (Lipinski definition) is 4. The van der Waals surface area contributed by atoms with Crippen molar-refractivity contribution >= 4 is 12.6 Å². The van der Waals surface area contributed by atoms with Crippen molar-refractivity contribution in [3.63, 3.8) is 0 Å². The molecule has 0 aliphatic heterocycles. The van der Waals surface area contributed by atoms with Crippen molar-refractivity contribution in [3.8, 4) is 11.5 Å². The Morgan fingerprint density at radius 1 is 0.850 bits per heavy atom. The fourth-order valence-electron chi connectivity index (χ4n) is 1.46. The summed E-state index contributed by atoms with van der Waals surface area (Å²) in [6, 6.07) is 14.2. The Labute approximate surface area is 118 Å². The average Bonchev–Trinajstić information content (AvgIpc) is 2.55. The van der Waals surface area contributed by atoms with Crippen molar-refractivity contribution < 1.29 is 19.1 Å². The van der Waals surface area contributed by atoms with Gasteiger partial charge in [-0.3, -0.25) is 9.59 Å². The highest BCUT2D eigenvalue weighted by molar-refractivity contribution is 5.80. The fourth-order valence-corrected chi connectivity index (χ4v) is 1.46. The number of carbonyl (C=O) groups is 2. The Hall–Kier alpha value is -2.62. The van der Waals surface area contributed by atoms with Crippen molar-refractivity contribution in [2.75, 3.05) is 14.2 Å². The molecule has 4 heteroatoms. The van der Waals surface area contributed by atoms with Gasteiger partial charge in [0.05, 0.1) is 19.8 Å². The minimum atomic E-state index is 0.497. The molecule has 0 fully saturated rings. The van der Waals surface area contributed by atoms with E-state index in [-0.39, 0.29) is 0 Å². The third kappa shape index (κ3) is 4.57. The summed E-state index contributed by atoms with van der Waals surface area (Å²) in [6.45, 7) is 0. The predicted octanol–water partition coefficient (Wildman–Crippen LogP) is 3.02. The van der Waals surface area contributed by atoms with Crippen molar-refractivity contribution in [1.82, 2.24) is 0 Å². The van der Waals surface area contributed by atoms with Crippen LogP contribution in [0.2, 0.25) is 0 Å². The van der Waals surface area contributed by atoms with Crippen LogP contribution in [-0.2, 0) is 0 Å². The average molecular weight is 272 g/mol. The molecule has 0 unspecified atom stereocenters. The van der Waals surface area contributed by atoms with Crippen LogP contribution >= 0.6 is 0 Å². The molecule has 104 valence electrons. The quantitative estimate of drug-likeness (QED) is 0.803. The number of ether oxygens (including phenoxy) is 2. The minimum absolute atomic E-state index is 0.497. The molecule has 0 heterocycles.